The standard InChI is InChI=1S/C52H93NO8/c1-3-5-7-9-11-13-15-17-19-20-21-22-23-24-25-26-28-29-31-33-35-37-39-41-46(55)45(44-60-52-51(59)50(58)49(57)47(43-54)61-52)53-48(56)42-40-38-36-34-32-30-27-18-16-14-12-10-8-6-4-2/h12,14,16,18,25-26,31,33,39,41,45-47,49-52,54-55,57-59H,3-11,13,15,17,19-24,27-30,32,34-38,40,42-44H2,1-2H3,(H,53,56)/b14-12-,18-16-,26-25+,33-31+,41-39+. The van der Waals surface area contributed by atoms with E-state index in [0.717, 1.165) is 70.6 Å². The van der Waals surface area contributed by atoms with Crippen LogP contribution in [0.5, 0.6) is 0 Å². The van der Waals surface area contributed by atoms with E-state index in [1.54, 1.807) is 6.08 Å². The minimum absolute atomic E-state index is 0.205. The summed E-state index contributed by atoms with van der Waals surface area (Å²) in [5, 5.41) is 54.2. The Hall–Kier alpha value is -2.11. The fourth-order valence-electron chi connectivity index (χ4n) is 7.53. The first-order valence-electron chi connectivity index (χ1n) is 25.0. The molecule has 0 spiro atoms. The van der Waals surface area contributed by atoms with E-state index in [2.05, 4.69) is 67.8 Å². The molecule has 1 heterocycles. The molecule has 1 rings (SSSR count). The molecular weight excluding hydrogens is 767 g/mol. The quantitative estimate of drug-likeness (QED) is 0.0202. The van der Waals surface area contributed by atoms with E-state index in [1.807, 2.05) is 6.08 Å². The molecule has 0 aliphatic carbocycles. The summed E-state index contributed by atoms with van der Waals surface area (Å²) >= 11 is 0. The summed E-state index contributed by atoms with van der Waals surface area (Å²) in [5.74, 6) is -0.205. The van der Waals surface area contributed by atoms with Crippen molar-refractivity contribution < 1.29 is 39.8 Å². The van der Waals surface area contributed by atoms with Gasteiger partial charge in [-0.3, -0.25) is 4.79 Å². The first-order valence-corrected chi connectivity index (χ1v) is 25.0. The molecule has 0 aromatic carbocycles. The second-order valence-electron chi connectivity index (χ2n) is 17.3. The van der Waals surface area contributed by atoms with Crippen molar-refractivity contribution in [2.24, 2.45) is 0 Å². The van der Waals surface area contributed by atoms with Gasteiger partial charge in [0.15, 0.2) is 6.29 Å². The smallest absolute Gasteiger partial charge is 0.220 e. The summed E-state index contributed by atoms with van der Waals surface area (Å²) < 4.78 is 11.2. The first kappa shape index (κ1) is 56.9. The van der Waals surface area contributed by atoms with Gasteiger partial charge in [-0.25, -0.2) is 0 Å². The van der Waals surface area contributed by atoms with E-state index in [9.17, 15) is 30.3 Å². The van der Waals surface area contributed by atoms with Crippen LogP contribution in [0.25, 0.3) is 0 Å². The molecule has 0 aromatic rings. The SMILES string of the molecule is CCCCC/C=C\C=C/CCCCCCCCC(=O)NC(COC1OC(CO)C(O)C(O)C1O)C(O)/C=C/CC/C=C/CC/C=C/CCCCCCCCCCCCCCC. The lowest BCUT2D eigenvalue weighted by Gasteiger charge is -2.40. The Morgan fingerprint density at radius 2 is 0.984 bits per heavy atom. The summed E-state index contributed by atoms with van der Waals surface area (Å²) in [6, 6.07) is -0.836. The Bertz CT molecular complexity index is 1140. The highest BCUT2D eigenvalue weighted by Crippen LogP contribution is 2.22. The van der Waals surface area contributed by atoms with Gasteiger partial charge >= 0.3 is 0 Å². The van der Waals surface area contributed by atoms with Crippen LogP contribution in [0, 0.1) is 0 Å². The normalized spacial score (nSPS) is 20.9. The number of rotatable bonds is 41. The van der Waals surface area contributed by atoms with Crippen LogP contribution in [0.4, 0.5) is 0 Å². The highest BCUT2D eigenvalue weighted by molar-refractivity contribution is 5.76. The van der Waals surface area contributed by atoms with Crippen LogP contribution in [0.2, 0.25) is 0 Å². The van der Waals surface area contributed by atoms with E-state index in [4.69, 9.17) is 9.47 Å². The number of carbonyl (C=O) groups is 1. The molecule has 0 aromatic heterocycles. The molecule has 1 saturated heterocycles. The summed E-state index contributed by atoms with van der Waals surface area (Å²) in [5.41, 5.74) is 0. The van der Waals surface area contributed by atoms with Crippen LogP contribution < -0.4 is 5.32 Å². The lowest BCUT2D eigenvalue weighted by Crippen LogP contribution is -2.60. The predicted molar refractivity (Wildman–Crippen MR) is 253 cm³/mol. The molecule has 7 unspecified atom stereocenters. The van der Waals surface area contributed by atoms with E-state index < -0.39 is 49.5 Å². The van der Waals surface area contributed by atoms with Crippen molar-refractivity contribution in [3.05, 3.63) is 60.8 Å². The first-order chi connectivity index (χ1) is 29.8. The third-order valence-electron chi connectivity index (χ3n) is 11.6. The molecule has 1 amide bonds. The van der Waals surface area contributed by atoms with Crippen molar-refractivity contribution in [1.29, 1.82) is 0 Å². The lowest BCUT2D eigenvalue weighted by atomic mass is 9.99. The molecule has 9 heteroatoms. The van der Waals surface area contributed by atoms with Gasteiger partial charge in [-0.1, -0.05) is 190 Å². The Balaban J connectivity index is 2.35. The van der Waals surface area contributed by atoms with E-state index in [0.29, 0.717) is 6.42 Å². The van der Waals surface area contributed by atoms with Gasteiger partial charge < -0.3 is 40.3 Å². The van der Waals surface area contributed by atoms with Crippen LogP contribution in [0.3, 0.4) is 0 Å². The fourth-order valence-corrected chi connectivity index (χ4v) is 7.53. The molecule has 1 aliphatic rings. The predicted octanol–water partition coefficient (Wildman–Crippen LogP) is 11.2. The monoisotopic (exact) mass is 860 g/mol. The van der Waals surface area contributed by atoms with Gasteiger partial charge in [-0.2, -0.15) is 0 Å². The Morgan fingerprint density at radius 3 is 1.51 bits per heavy atom. The summed E-state index contributed by atoms with van der Waals surface area (Å²) in [6.07, 6.45) is 48.4. The molecule has 0 radical (unpaired) electrons. The van der Waals surface area contributed by atoms with E-state index >= 15 is 0 Å². The minimum atomic E-state index is -1.58. The molecule has 61 heavy (non-hydrogen) atoms. The number of hydrogen-bond acceptors (Lipinski definition) is 8. The third-order valence-corrected chi connectivity index (χ3v) is 11.6. The van der Waals surface area contributed by atoms with Crippen LogP contribution in [0.1, 0.15) is 206 Å². The number of amides is 1. The van der Waals surface area contributed by atoms with Crippen molar-refractivity contribution in [2.45, 2.75) is 249 Å². The van der Waals surface area contributed by atoms with Gasteiger partial charge in [0.1, 0.15) is 24.4 Å². The zero-order chi connectivity index (χ0) is 44.4. The van der Waals surface area contributed by atoms with Crippen molar-refractivity contribution in [2.75, 3.05) is 13.2 Å². The minimum Gasteiger partial charge on any atom is -0.394 e. The number of ether oxygens (including phenoxy) is 2. The molecule has 354 valence electrons. The van der Waals surface area contributed by atoms with Crippen LogP contribution >= 0.6 is 0 Å². The number of allylic oxidation sites excluding steroid dienone is 9. The molecule has 0 saturated carbocycles. The van der Waals surface area contributed by atoms with Gasteiger partial charge in [-0.15, -0.1) is 0 Å². The van der Waals surface area contributed by atoms with E-state index in [-0.39, 0.29) is 12.5 Å². The number of aliphatic hydroxyl groups excluding tert-OH is 5. The topological polar surface area (TPSA) is 149 Å². The number of unbranched alkanes of at least 4 members (excludes halogenated alkanes) is 24. The molecule has 9 nitrogen and oxygen atoms in total. The maximum absolute atomic E-state index is 13.0. The maximum Gasteiger partial charge on any atom is 0.220 e. The van der Waals surface area contributed by atoms with Crippen molar-refractivity contribution >= 4 is 5.91 Å². The number of nitrogens with one attached hydrogen (secondary N) is 1. The zero-order valence-corrected chi connectivity index (χ0v) is 38.9. The third kappa shape index (κ3) is 32.2. The number of carbonyl (C=O) groups excluding carboxylic acids is 1. The molecule has 6 N–H and O–H groups in total. The van der Waals surface area contributed by atoms with Gasteiger partial charge in [0, 0.05) is 6.42 Å². The molecule has 7 atom stereocenters. The second-order valence-corrected chi connectivity index (χ2v) is 17.3. The lowest BCUT2D eigenvalue weighted by molar-refractivity contribution is -0.302. The molecule has 0 bridgehead atoms. The van der Waals surface area contributed by atoms with Crippen LogP contribution in [-0.4, -0.2) is 87.5 Å². The Labute approximate surface area is 373 Å². The van der Waals surface area contributed by atoms with Crippen molar-refractivity contribution in [1.82, 2.24) is 5.32 Å². The number of hydrogen-bond donors (Lipinski definition) is 6. The highest BCUT2D eigenvalue weighted by Gasteiger charge is 2.44. The summed E-state index contributed by atoms with van der Waals surface area (Å²) in [4.78, 5) is 13.0. The highest BCUT2D eigenvalue weighted by atomic mass is 16.7. The molecular formula is C52H93NO8. The molecule has 1 aliphatic heterocycles. The average Bonchev–Trinajstić information content (AvgIpc) is 3.26. The van der Waals surface area contributed by atoms with Gasteiger partial charge in [0.2, 0.25) is 5.91 Å². The summed E-state index contributed by atoms with van der Waals surface area (Å²) in [6.45, 7) is 3.71. The summed E-state index contributed by atoms with van der Waals surface area (Å²) in [7, 11) is 0. The van der Waals surface area contributed by atoms with Gasteiger partial charge in [0.05, 0.1) is 25.4 Å². The van der Waals surface area contributed by atoms with Crippen molar-refractivity contribution in [3.63, 3.8) is 0 Å². The largest absolute Gasteiger partial charge is 0.394 e. The maximum atomic E-state index is 13.0. The zero-order valence-electron chi connectivity index (χ0n) is 38.9. The van der Waals surface area contributed by atoms with Gasteiger partial charge in [0.25, 0.3) is 0 Å². The second kappa shape index (κ2) is 41.9. The van der Waals surface area contributed by atoms with E-state index in [1.165, 1.54) is 116 Å². The average molecular weight is 860 g/mol. The van der Waals surface area contributed by atoms with Gasteiger partial charge in [-0.05, 0) is 70.6 Å². The van der Waals surface area contributed by atoms with Crippen LogP contribution in [-0.2, 0) is 14.3 Å². The Kier molecular flexibility index (Phi) is 39.1. The van der Waals surface area contributed by atoms with Crippen LogP contribution in [0.15, 0.2) is 60.8 Å². The fraction of sp³-hybridized carbons (Fsp3) is 0.788. The Morgan fingerprint density at radius 1 is 0.557 bits per heavy atom. The number of aliphatic hydroxyl groups is 5. The van der Waals surface area contributed by atoms with Crippen molar-refractivity contribution in [3.8, 4) is 0 Å². The molecule has 1 fully saturated rings.